The molecule has 0 amide bonds. The van der Waals surface area contributed by atoms with Gasteiger partial charge in [-0.3, -0.25) is 0 Å². The van der Waals surface area contributed by atoms with E-state index in [1.807, 2.05) is 60.6 Å². The highest BCUT2D eigenvalue weighted by Crippen LogP contribution is 1.57. The Morgan fingerprint density at radius 2 is 0.818 bits per heavy atom. The molecule has 0 rings (SSSR count). The van der Waals surface area contributed by atoms with Crippen LogP contribution in [0.5, 0.6) is 0 Å². The fourth-order valence-electron chi connectivity index (χ4n) is 0. The molecule has 0 aliphatic heterocycles. The smallest absolute Gasteiger partial charge is 0.0470 e. The molecule has 0 aliphatic carbocycles. The van der Waals surface area contributed by atoms with Crippen molar-refractivity contribution in [1.29, 1.82) is 0 Å². The van der Waals surface area contributed by atoms with Crippen molar-refractivity contribution >= 4 is 0 Å². The molecule has 0 N–H and O–H groups in total. The second-order valence-corrected chi connectivity index (χ2v) is 1.07. The quantitative estimate of drug-likeness (QED) is 0.443. The predicted molar refractivity (Wildman–Crippen MR) is 59.1 cm³/mol. The molecule has 11 heavy (non-hydrogen) atoms. The van der Waals surface area contributed by atoms with Crippen molar-refractivity contribution in [3.05, 3.63) is 24.8 Å². The Balaban J connectivity index is -0.0000000315. The molecule has 0 unspecified atom stereocenters. The third-order valence-corrected chi connectivity index (χ3v) is 0.333. The van der Waals surface area contributed by atoms with E-state index in [0.29, 0.717) is 0 Å². The third-order valence-electron chi connectivity index (χ3n) is 0.333. The summed E-state index contributed by atoms with van der Waals surface area (Å²) in [7, 11) is 0. The molecule has 0 aromatic carbocycles. The van der Waals surface area contributed by atoms with Crippen LogP contribution in [-0.4, -0.2) is 0 Å². The second kappa shape index (κ2) is 111. The lowest BCUT2D eigenvalue weighted by Crippen LogP contribution is -1.26. The van der Waals surface area contributed by atoms with Crippen molar-refractivity contribution in [2.75, 3.05) is 0 Å². The van der Waals surface area contributed by atoms with Gasteiger partial charge in [0, 0.05) is 0 Å². The minimum Gasteiger partial charge on any atom is -0.103 e. The molecule has 0 saturated heterocycles. The average molecular weight is 158 g/mol. The van der Waals surface area contributed by atoms with Crippen molar-refractivity contribution < 1.29 is 0 Å². The van der Waals surface area contributed by atoms with Crippen LogP contribution in [0.25, 0.3) is 0 Å². The summed E-state index contributed by atoms with van der Waals surface area (Å²) in [5, 5.41) is 0. The lowest BCUT2D eigenvalue weighted by atomic mass is 10.6. The van der Waals surface area contributed by atoms with Gasteiger partial charge in [-0.2, -0.15) is 0 Å². The zero-order chi connectivity index (χ0) is 10.1. The van der Waals surface area contributed by atoms with Crippen LogP contribution in [0.3, 0.4) is 0 Å². The van der Waals surface area contributed by atoms with E-state index in [1.54, 1.807) is 6.08 Å². The Kier molecular flexibility index (Phi) is 226. The van der Waals surface area contributed by atoms with Crippen molar-refractivity contribution in [1.82, 2.24) is 0 Å². The third kappa shape index (κ3) is 2300. The lowest BCUT2D eigenvalue weighted by Gasteiger charge is -1.49. The molecule has 0 aromatic rings. The van der Waals surface area contributed by atoms with Crippen LogP contribution in [-0.2, 0) is 0 Å². The molecule has 0 atom stereocenters. The Morgan fingerprint density at radius 3 is 0.818 bits per heavy atom. The van der Waals surface area contributed by atoms with E-state index in [0.717, 1.165) is 0 Å². The van der Waals surface area contributed by atoms with E-state index in [2.05, 4.69) is 6.58 Å². The van der Waals surface area contributed by atoms with Crippen molar-refractivity contribution in [2.45, 2.75) is 48.5 Å². The molecule has 0 aromatic heterocycles. The molecule has 0 bridgehead atoms. The van der Waals surface area contributed by atoms with E-state index >= 15 is 0 Å². The van der Waals surface area contributed by atoms with Crippen LogP contribution < -0.4 is 0 Å². The fourth-order valence-corrected chi connectivity index (χ4v) is 0. The first-order chi connectivity index (χ1) is 5.33. The zero-order valence-corrected chi connectivity index (χ0v) is 9.44. The molecule has 0 aliphatic rings. The lowest BCUT2D eigenvalue weighted by molar-refractivity contribution is 1.50. The van der Waals surface area contributed by atoms with Gasteiger partial charge in [-0.1, -0.05) is 45.9 Å². The highest BCUT2D eigenvalue weighted by atomic mass is 13.4. The molecule has 0 radical (unpaired) electrons. The van der Waals surface area contributed by atoms with Crippen LogP contribution >= 0.6 is 0 Å². The highest BCUT2D eigenvalue weighted by Gasteiger charge is 1.34. The second-order valence-electron chi connectivity index (χ2n) is 1.07. The maximum Gasteiger partial charge on any atom is -0.0470 e. The van der Waals surface area contributed by atoms with Gasteiger partial charge >= 0.3 is 0 Å². The van der Waals surface area contributed by atoms with E-state index in [1.165, 1.54) is 0 Å². The zero-order valence-electron chi connectivity index (χ0n) is 9.44. The van der Waals surface area contributed by atoms with Crippen LogP contribution in [0.2, 0.25) is 0 Å². The Bertz CT molecular complexity index is 38.0. The largest absolute Gasteiger partial charge is 0.103 e. The normalized spacial score (nSPS) is 5.73. The SMILES string of the molecule is C/C=C/C.C=CC.CC.CC. The van der Waals surface area contributed by atoms with Crippen molar-refractivity contribution in [2.24, 2.45) is 0 Å². The van der Waals surface area contributed by atoms with Crippen molar-refractivity contribution in [3.8, 4) is 0 Å². The van der Waals surface area contributed by atoms with Gasteiger partial charge in [0.15, 0.2) is 0 Å². The molecule has 0 fully saturated rings. The summed E-state index contributed by atoms with van der Waals surface area (Å²) in [6, 6.07) is 0. The monoisotopic (exact) mass is 158 g/mol. The number of hydrogen-bond donors (Lipinski definition) is 0. The van der Waals surface area contributed by atoms with Gasteiger partial charge < -0.3 is 0 Å². The molecule has 0 nitrogen and oxygen atoms in total. The molecule has 0 spiro atoms. The van der Waals surface area contributed by atoms with E-state index in [4.69, 9.17) is 0 Å². The minimum absolute atomic E-state index is 1.75. The van der Waals surface area contributed by atoms with Crippen LogP contribution in [0, 0.1) is 0 Å². The fraction of sp³-hybridized carbons (Fsp3) is 0.636. The van der Waals surface area contributed by atoms with Crippen LogP contribution in [0.15, 0.2) is 24.8 Å². The number of rotatable bonds is 0. The maximum atomic E-state index is 3.36. The van der Waals surface area contributed by atoms with Gasteiger partial charge in [0.2, 0.25) is 0 Å². The maximum absolute atomic E-state index is 3.36. The van der Waals surface area contributed by atoms with Gasteiger partial charge in [0.25, 0.3) is 0 Å². The summed E-state index contributed by atoms with van der Waals surface area (Å²) in [4.78, 5) is 0. The van der Waals surface area contributed by atoms with Gasteiger partial charge in [0.1, 0.15) is 0 Å². The highest BCUT2D eigenvalue weighted by molar-refractivity contribution is 4.68. The summed E-state index contributed by atoms with van der Waals surface area (Å²) in [6.45, 7) is 17.2. The summed E-state index contributed by atoms with van der Waals surface area (Å²) < 4.78 is 0. The van der Waals surface area contributed by atoms with E-state index < -0.39 is 0 Å². The molecular formula is C11H26. The predicted octanol–water partition coefficient (Wildman–Crippen LogP) is 4.83. The Morgan fingerprint density at radius 1 is 0.727 bits per heavy atom. The average Bonchev–Trinajstić information content (AvgIpc) is 2.12. The van der Waals surface area contributed by atoms with E-state index in [9.17, 15) is 0 Å². The van der Waals surface area contributed by atoms with Crippen LogP contribution in [0.1, 0.15) is 48.5 Å². The first-order valence-corrected chi connectivity index (χ1v) is 4.47. The summed E-state index contributed by atoms with van der Waals surface area (Å²) >= 11 is 0. The van der Waals surface area contributed by atoms with E-state index in [-0.39, 0.29) is 0 Å². The minimum atomic E-state index is 1.75. The van der Waals surface area contributed by atoms with Gasteiger partial charge in [-0.25, -0.2) is 0 Å². The van der Waals surface area contributed by atoms with Gasteiger partial charge in [0.05, 0.1) is 0 Å². The molecule has 70 valence electrons. The molecule has 0 saturated carbocycles. The Hall–Kier alpha value is -0.520. The first-order valence-electron chi connectivity index (χ1n) is 4.47. The summed E-state index contributed by atoms with van der Waals surface area (Å²) in [5.74, 6) is 0. The first kappa shape index (κ1) is 22.4. The van der Waals surface area contributed by atoms with Crippen molar-refractivity contribution in [3.63, 3.8) is 0 Å². The van der Waals surface area contributed by atoms with Crippen LogP contribution in [0.4, 0.5) is 0 Å². The standard InChI is InChI=1S/C4H8.C3H6.2C2H6/c1-3-4-2;1-3-2;2*1-2/h3-4H,1-2H3;3H,1H2,2H3;2*1-2H3/b4-3+;;;. The Labute approximate surface area is 74.0 Å². The molecular weight excluding hydrogens is 132 g/mol. The topological polar surface area (TPSA) is 0 Å². The molecule has 0 heterocycles. The summed E-state index contributed by atoms with van der Waals surface area (Å²) in [6.07, 6.45) is 5.75. The number of allylic oxidation sites excluding steroid dienone is 3. The van der Waals surface area contributed by atoms with Gasteiger partial charge in [-0.15, -0.1) is 6.58 Å². The molecule has 0 heteroatoms. The van der Waals surface area contributed by atoms with Gasteiger partial charge in [-0.05, 0) is 20.8 Å². The number of hydrogen-bond acceptors (Lipinski definition) is 0. The summed E-state index contributed by atoms with van der Waals surface area (Å²) in [5.41, 5.74) is 0.